The fourth-order valence-electron chi connectivity index (χ4n) is 4.48. The molecule has 3 rings (SSSR count). The summed E-state index contributed by atoms with van der Waals surface area (Å²) in [4.78, 5) is 22.9. The molecule has 1 fully saturated rings. The zero-order chi connectivity index (χ0) is 23.1. The fraction of sp³-hybridized carbons (Fsp3) is 0.760. The van der Waals surface area contributed by atoms with E-state index in [9.17, 15) is 14.7 Å². The van der Waals surface area contributed by atoms with Crippen molar-refractivity contribution in [2.75, 3.05) is 13.7 Å². The summed E-state index contributed by atoms with van der Waals surface area (Å²) < 4.78 is 15.7. The van der Waals surface area contributed by atoms with Gasteiger partial charge in [0.2, 0.25) is 0 Å². The molecule has 176 valence electrons. The Labute approximate surface area is 187 Å². The zero-order valence-electron chi connectivity index (χ0n) is 19.9. The van der Waals surface area contributed by atoms with Gasteiger partial charge in [0.25, 0.3) is 0 Å². The minimum absolute atomic E-state index is 0.00113. The van der Waals surface area contributed by atoms with E-state index in [4.69, 9.17) is 14.2 Å². The van der Waals surface area contributed by atoms with Crippen molar-refractivity contribution in [2.24, 2.45) is 23.7 Å². The number of fused-ring (bicyclic) bond motifs is 1. The number of hydrogen-bond donors (Lipinski definition) is 1. The minimum atomic E-state index is -0.552. The highest BCUT2D eigenvalue weighted by atomic mass is 16.5. The van der Waals surface area contributed by atoms with E-state index < -0.39 is 6.10 Å². The number of rotatable bonds is 7. The van der Waals surface area contributed by atoms with Gasteiger partial charge < -0.3 is 19.3 Å². The van der Waals surface area contributed by atoms with E-state index >= 15 is 0 Å². The molecular weight excluding hydrogens is 396 g/mol. The third-order valence-corrected chi connectivity index (χ3v) is 6.74. The second-order valence-corrected chi connectivity index (χ2v) is 9.01. The van der Waals surface area contributed by atoms with Crippen molar-refractivity contribution in [2.45, 2.75) is 85.0 Å². The molecule has 0 unspecified atom stereocenters. The molecule has 1 N–H and O–H groups in total. The smallest absolute Gasteiger partial charge is 0.333 e. The molecule has 1 saturated carbocycles. The number of hydrogen-bond acceptors (Lipinski definition) is 6. The van der Waals surface area contributed by atoms with Gasteiger partial charge >= 0.3 is 11.9 Å². The predicted molar refractivity (Wildman–Crippen MR) is 119 cm³/mol. The summed E-state index contributed by atoms with van der Waals surface area (Å²) in [7, 11) is 1.45. The third kappa shape index (κ3) is 6.91. The van der Waals surface area contributed by atoms with Crippen molar-refractivity contribution in [1.29, 1.82) is 0 Å². The van der Waals surface area contributed by atoms with Gasteiger partial charge in [-0.2, -0.15) is 0 Å². The van der Waals surface area contributed by atoms with E-state index in [-0.39, 0.29) is 30.1 Å². The Morgan fingerprint density at radius 1 is 1.06 bits per heavy atom. The summed E-state index contributed by atoms with van der Waals surface area (Å²) in [5.74, 6) is 1.74. The zero-order valence-corrected chi connectivity index (χ0v) is 19.9. The van der Waals surface area contributed by atoms with Crippen LogP contribution in [0.2, 0.25) is 0 Å². The van der Waals surface area contributed by atoms with Crippen molar-refractivity contribution in [1.82, 2.24) is 0 Å². The van der Waals surface area contributed by atoms with Gasteiger partial charge in [0.05, 0.1) is 32.0 Å². The highest BCUT2D eigenvalue weighted by Crippen LogP contribution is 2.51. The fourth-order valence-corrected chi connectivity index (χ4v) is 4.48. The van der Waals surface area contributed by atoms with E-state index in [0.717, 1.165) is 30.8 Å². The minimum Gasteiger partial charge on any atom is -0.466 e. The topological polar surface area (TPSA) is 82.1 Å². The number of esters is 2. The van der Waals surface area contributed by atoms with Crippen molar-refractivity contribution in [3.05, 3.63) is 23.3 Å². The normalized spacial score (nSPS) is 31.5. The van der Waals surface area contributed by atoms with Gasteiger partial charge in [-0.3, -0.25) is 0 Å². The number of aliphatic hydroxyl groups is 1. The first-order chi connectivity index (χ1) is 14.7. The number of carbonyl (C=O) groups excluding carboxylic acids is 2. The molecule has 0 saturated heterocycles. The van der Waals surface area contributed by atoms with Gasteiger partial charge in [0.15, 0.2) is 0 Å². The lowest BCUT2D eigenvalue weighted by Gasteiger charge is -2.33. The molecule has 0 amide bonds. The van der Waals surface area contributed by atoms with Crippen LogP contribution in [-0.2, 0) is 23.8 Å². The lowest BCUT2D eigenvalue weighted by Crippen LogP contribution is -2.38. The number of methoxy groups -OCH3 is 1. The summed E-state index contributed by atoms with van der Waals surface area (Å²) in [6, 6.07) is 0. The number of allylic oxidation sites excluding steroid dienone is 1. The second-order valence-electron chi connectivity index (χ2n) is 9.01. The highest BCUT2D eigenvalue weighted by Gasteiger charge is 2.43. The molecule has 0 heterocycles. The average molecular weight is 437 g/mol. The highest BCUT2D eigenvalue weighted by molar-refractivity contribution is 5.89. The monoisotopic (exact) mass is 436 g/mol. The first-order valence-electron chi connectivity index (χ1n) is 11.8. The van der Waals surface area contributed by atoms with Crippen LogP contribution in [0.4, 0.5) is 0 Å². The maximum absolute atomic E-state index is 11.8. The molecule has 0 aromatic heterocycles. The maximum Gasteiger partial charge on any atom is 0.333 e. The quantitative estimate of drug-likeness (QED) is 0.602. The lowest BCUT2D eigenvalue weighted by atomic mass is 9.85. The van der Waals surface area contributed by atoms with Crippen molar-refractivity contribution >= 4 is 11.9 Å². The van der Waals surface area contributed by atoms with Gasteiger partial charge in [-0.1, -0.05) is 33.8 Å². The first kappa shape index (κ1) is 25.6. The number of carbonyl (C=O) groups is 2. The molecule has 6 nitrogen and oxygen atoms in total. The maximum atomic E-state index is 11.8. The Morgan fingerprint density at radius 2 is 1.71 bits per heavy atom. The summed E-state index contributed by atoms with van der Waals surface area (Å²) >= 11 is 0. The van der Waals surface area contributed by atoms with Crippen molar-refractivity contribution in [3.8, 4) is 0 Å². The average Bonchev–Trinajstić information content (AvgIpc) is 3.55. The van der Waals surface area contributed by atoms with Crippen LogP contribution in [0.25, 0.3) is 0 Å². The van der Waals surface area contributed by atoms with E-state index in [1.807, 2.05) is 13.0 Å². The molecule has 31 heavy (non-hydrogen) atoms. The summed E-state index contributed by atoms with van der Waals surface area (Å²) in [6.07, 6.45) is 7.73. The van der Waals surface area contributed by atoms with Gasteiger partial charge in [0.1, 0.15) is 0 Å². The standard InChI is InChI=1S/C15H26O4.C10H14O2/c1-5-12(6-2)19-14-9-11(15(17)18-7-3)8-13(16)10(14)4;1-6-3-8(10(11)12-2)4-7-5-9(6)7/h9-10,12-14,16H,5-8H2,1-4H3;4,6-7,9H,3,5H2,1-2H3/t10-,13-,14-;6-,7-,9-/m11/s1. The molecule has 6 atom stereocenters. The van der Waals surface area contributed by atoms with E-state index in [1.165, 1.54) is 13.5 Å². The SMILES string of the molecule is CCOC(=O)C1=C[C@@H](OC(CC)CC)[C@H](C)[C@H](O)C1.COC(=O)C1=C[C@@H]2C[C@@H]2[C@H](C)C1. The first-order valence-corrected chi connectivity index (χ1v) is 11.8. The van der Waals surface area contributed by atoms with Crippen LogP contribution >= 0.6 is 0 Å². The van der Waals surface area contributed by atoms with Crippen molar-refractivity contribution in [3.63, 3.8) is 0 Å². The van der Waals surface area contributed by atoms with Gasteiger partial charge in [-0.25, -0.2) is 9.59 Å². The van der Waals surface area contributed by atoms with E-state index in [1.54, 1.807) is 6.92 Å². The predicted octanol–water partition coefficient (Wildman–Crippen LogP) is 4.21. The molecule has 0 aromatic rings. The third-order valence-electron chi connectivity index (χ3n) is 6.74. The van der Waals surface area contributed by atoms with Crippen LogP contribution in [0.1, 0.15) is 66.7 Å². The van der Waals surface area contributed by atoms with Gasteiger partial charge in [-0.05, 0) is 56.4 Å². The van der Waals surface area contributed by atoms with E-state index in [0.29, 0.717) is 30.4 Å². The summed E-state index contributed by atoms with van der Waals surface area (Å²) in [5, 5.41) is 10.1. The second kappa shape index (κ2) is 11.8. The molecule has 0 aromatic carbocycles. The molecule has 3 aliphatic rings. The Balaban J connectivity index is 0.000000242. The molecule has 0 spiro atoms. The number of aliphatic hydroxyl groups excluding tert-OH is 1. The van der Waals surface area contributed by atoms with Crippen LogP contribution in [-0.4, -0.2) is 49.1 Å². The Bertz CT molecular complexity index is 677. The summed E-state index contributed by atoms with van der Waals surface area (Å²) in [6.45, 7) is 10.5. The van der Waals surface area contributed by atoms with Crippen LogP contribution in [0.15, 0.2) is 23.3 Å². The summed E-state index contributed by atoms with van der Waals surface area (Å²) in [5.41, 5.74) is 1.42. The van der Waals surface area contributed by atoms with Crippen LogP contribution in [0.5, 0.6) is 0 Å². The van der Waals surface area contributed by atoms with Crippen LogP contribution in [0.3, 0.4) is 0 Å². The molecular formula is C25H40O6. The van der Waals surface area contributed by atoms with Crippen molar-refractivity contribution < 1.29 is 28.9 Å². The van der Waals surface area contributed by atoms with Gasteiger partial charge in [0, 0.05) is 23.5 Å². The Hall–Kier alpha value is -1.66. The molecule has 6 heteroatoms. The van der Waals surface area contributed by atoms with Gasteiger partial charge in [-0.15, -0.1) is 0 Å². The number of ether oxygens (including phenoxy) is 3. The molecule has 0 aliphatic heterocycles. The molecule has 0 bridgehead atoms. The van der Waals surface area contributed by atoms with Crippen LogP contribution < -0.4 is 0 Å². The lowest BCUT2D eigenvalue weighted by molar-refractivity contribution is -0.140. The Morgan fingerprint density at radius 3 is 2.26 bits per heavy atom. The van der Waals surface area contributed by atoms with E-state index in [2.05, 4.69) is 26.8 Å². The Kier molecular flexibility index (Phi) is 9.76. The van der Waals surface area contributed by atoms with Crippen LogP contribution in [0, 0.1) is 23.7 Å². The molecule has 0 radical (unpaired) electrons. The largest absolute Gasteiger partial charge is 0.466 e. The molecule has 3 aliphatic carbocycles.